The molecule has 5 aromatic carbocycles. The number of aromatic hydroxyl groups is 1. The highest BCUT2D eigenvalue weighted by Gasteiger charge is 2.42. The number of amides is 1. The van der Waals surface area contributed by atoms with Gasteiger partial charge in [-0.1, -0.05) is 97.1 Å². The molecule has 2 unspecified atom stereocenters. The van der Waals surface area contributed by atoms with Gasteiger partial charge in [0.25, 0.3) is 5.91 Å². The molecule has 0 saturated carbocycles. The van der Waals surface area contributed by atoms with E-state index in [9.17, 15) is 29.7 Å². The Balaban J connectivity index is 0.848. The van der Waals surface area contributed by atoms with Crippen LogP contribution in [0.2, 0.25) is 0 Å². The number of hydrogen-bond acceptors (Lipinski definition) is 10. The van der Waals surface area contributed by atoms with Crippen molar-refractivity contribution in [3.63, 3.8) is 0 Å². The van der Waals surface area contributed by atoms with Crippen LogP contribution in [0.15, 0.2) is 155 Å². The van der Waals surface area contributed by atoms with Crippen LogP contribution >= 0.6 is 0 Å². The molecule has 322 valence electrons. The van der Waals surface area contributed by atoms with Gasteiger partial charge in [-0.25, -0.2) is 4.79 Å². The third kappa shape index (κ3) is 10.1. The molecule has 1 aliphatic heterocycles. The number of aromatic nitrogens is 1. The second kappa shape index (κ2) is 19.5. The fourth-order valence-corrected chi connectivity index (χ4v) is 8.11. The van der Waals surface area contributed by atoms with Gasteiger partial charge in [0.1, 0.15) is 17.3 Å². The summed E-state index contributed by atoms with van der Waals surface area (Å²) in [6.45, 7) is 3.71. The number of pyridine rings is 1. The number of furan rings is 1. The third-order valence-corrected chi connectivity index (χ3v) is 11.7. The molecule has 0 radical (unpaired) electrons. The number of nitrogens with zero attached hydrogens (tertiary/aromatic N) is 1. The molecule has 2 aromatic heterocycles. The predicted octanol–water partition coefficient (Wildman–Crippen LogP) is 6.94. The monoisotopic (exact) mass is 846 g/mol. The summed E-state index contributed by atoms with van der Waals surface area (Å²) in [6, 6.07) is 42.9. The molecule has 0 spiro atoms. The molecule has 63 heavy (non-hydrogen) atoms. The zero-order chi connectivity index (χ0) is 43.8. The minimum Gasteiger partial charge on any atom is -0.506 e. The highest BCUT2D eigenvalue weighted by atomic mass is 16.5. The van der Waals surface area contributed by atoms with Crippen molar-refractivity contribution in [1.82, 2.24) is 20.5 Å². The lowest BCUT2D eigenvalue weighted by atomic mass is 9.85. The minimum absolute atomic E-state index is 0.0711. The number of hydrogen-bond donors (Lipinski definition) is 6. The lowest BCUT2D eigenvalue weighted by Crippen LogP contribution is -2.40. The van der Waals surface area contributed by atoms with Gasteiger partial charge in [-0.3, -0.25) is 14.5 Å². The van der Waals surface area contributed by atoms with E-state index in [1.165, 1.54) is 17.7 Å². The molecule has 12 heteroatoms. The van der Waals surface area contributed by atoms with E-state index < -0.39 is 17.7 Å². The zero-order valence-corrected chi connectivity index (χ0v) is 34.7. The first-order valence-electron chi connectivity index (χ1n) is 21.2. The van der Waals surface area contributed by atoms with E-state index in [4.69, 9.17) is 9.15 Å². The highest BCUT2D eigenvalue weighted by Crippen LogP contribution is 2.35. The normalized spacial score (nSPS) is 14.8. The number of aliphatic hydroxyl groups excluding tert-OH is 1. The molecule has 2 atom stereocenters. The molecule has 8 rings (SSSR count). The summed E-state index contributed by atoms with van der Waals surface area (Å²) < 4.78 is 12.1. The number of carbonyl (C=O) groups is 2. The molecule has 0 bridgehead atoms. The maximum Gasteiger partial charge on any atom is 0.347 e. The van der Waals surface area contributed by atoms with E-state index in [0.717, 1.165) is 38.0 Å². The van der Waals surface area contributed by atoms with Gasteiger partial charge in [0, 0.05) is 47.8 Å². The van der Waals surface area contributed by atoms with Crippen LogP contribution in [0.3, 0.4) is 0 Å². The van der Waals surface area contributed by atoms with Gasteiger partial charge in [0.2, 0.25) is 11.2 Å². The number of aromatic amines is 1. The number of esters is 1. The number of phenols is 1. The summed E-state index contributed by atoms with van der Waals surface area (Å²) in [7, 11) is 0. The Kier molecular flexibility index (Phi) is 13.2. The van der Waals surface area contributed by atoms with Gasteiger partial charge < -0.3 is 40.1 Å². The largest absolute Gasteiger partial charge is 0.506 e. The molecule has 0 aliphatic carbocycles. The smallest absolute Gasteiger partial charge is 0.347 e. The zero-order valence-electron chi connectivity index (χ0n) is 34.7. The average molecular weight is 847 g/mol. The van der Waals surface area contributed by atoms with Crippen LogP contribution in [0.1, 0.15) is 62.9 Å². The summed E-state index contributed by atoms with van der Waals surface area (Å²) in [5.41, 5.74) is 2.46. The Labute approximate surface area is 364 Å². The number of likely N-dealkylation sites (tertiary alicyclic amines) is 1. The quantitative estimate of drug-likeness (QED) is 0.0559. The van der Waals surface area contributed by atoms with Crippen molar-refractivity contribution in [2.45, 2.75) is 44.2 Å². The van der Waals surface area contributed by atoms with E-state index in [-0.39, 0.29) is 48.3 Å². The second-order valence-corrected chi connectivity index (χ2v) is 16.0. The molecule has 7 aromatic rings. The Hall–Kier alpha value is -6.83. The number of carbonyl (C=O) groups excluding carboxylic acids is 2. The number of ether oxygens (including phenoxy) is 1. The van der Waals surface area contributed by atoms with Crippen LogP contribution in [0, 0.1) is 5.92 Å². The number of piperidine rings is 1. The van der Waals surface area contributed by atoms with Gasteiger partial charge in [-0.2, -0.15) is 0 Å². The van der Waals surface area contributed by atoms with Crippen molar-refractivity contribution >= 4 is 22.8 Å². The Morgan fingerprint density at radius 3 is 2.30 bits per heavy atom. The predicted molar refractivity (Wildman–Crippen MR) is 239 cm³/mol. The number of rotatable bonds is 16. The highest BCUT2D eigenvalue weighted by molar-refractivity contribution is 5.94. The molecule has 1 fully saturated rings. The molecule has 12 nitrogen and oxygen atoms in total. The number of aliphatic hydroxyl groups is 2. The maximum absolute atomic E-state index is 13.9. The molecular formula is C51H50N4O8. The first kappa shape index (κ1) is 42.8. The van der Waals surface area contributed by atoms with E-state index in [1.54, 1.807) is 78.9 Å². The standard InChI is InChI=1S/C51H50N4O8/c56-44-21-19-42(43-20-23-47(58)54-48(43)44)45(57)31-52-29-34-14-16-37(17-15-34)49(59)53-30-41-18-22-46(63-41)38-10-7-13-40(28-38)51(61,39-11-5-2-6-12-39)50(60)62-33-36-24-26-55(27-25-36)32-35-8-3-1-4-9-35/h1-23,28,36,45,52,56-57,61H,24-27,29-33H2,(H,53,59)(H,54,58). The summed E-state index contributed by atoms with van der Waals surface area (Å²) >= 11 is 0. The number of nitrogens with one attached hydrogen (secondary N) is 3. The molecule has 6 N–H and O–H groups in total. The van der Waals surface area contributed by atoms with Crippen LogP contribution in [-0.4, -0.2) is 63.3 Å². The molecule has 1 saturated heterocycles. The Morgan fingerprint density at radius 1 is 0.810 bits per heavy atom. The van der Waals surface area contributed by atoms with Crippen molar-refractivity contribution in [3.05, 3.63) is 195 Å². The van der Waals surface area contributed by atoms with Gasteiger partial charge in [-0.05, 0) is 96.6 Å². The number of H-pyrrole nitrogens is 1. The van der Waals surface area contributed by atoms with Gasteiger partial charge in [-0.15, -0.1) is 0 Å². The Bertz CT molecular complexity index is 2710. The van der Waals surface area contributed by atoms with Gasteiger partial charge >= 0.3 is 5.97 Å². The van der Waals surface area contributed by atoms with Crippen molar-refractivity contribution in [2.24, 2.45) is 5.92 Å². The first-order chi connectivity index (χ1) is 30.6. The summed E-state index contributed by atoms with van der Waals surface area (Å²) in [5, 5.41) is 40.0. The van der Waals surface area contributed by atoms with E-state index >= 15 is 0 Å². The van der Waals surface area contributed by atoms with Crippen LogP contribution in [0.4, 0.5) is 0 Å². The van der Waals surface area contributed by atoms with Crippen molar-refractivity contribution in [2.75, 3.05) is 26.2 Å². The summed E-state index contributed by atoms with van der Waals surface area (Å²) in [5.74, 6) is 0.124. The van der Waals surface area contributed by atoms with Gasteiger partial charge in [0.05, 0.1) is 24.8 Å². The van der Waals surface area contributed by atoms with Crippen LogP contribution in [0.25, 0.3) is 22.2 Å². The van der Waals surface area contributed by atoms with Crippen molar-refractivity contribution in [3.8, 4) is 17.1 Å². The fraction of sp³-hybridized carbons (Fsp3) is 0.235. The molecular weight excluding hydrogens is 797 g/mol. The number of fused-ring (bicyclic) bond motifs is 1. The minimum atomic E-state index is -2.06. The lowest BCUT2D eigenvalue weighted by Gasteiger charge is -2.33. The number of phenolic OH excluding ortho intramolecular Hbond substituents is 1. The van der Waals surface area contributed by atoms with E-state index in [2.05, 4.69) is 44.8 Å². The summed E-state index contributed by atoms with van der Waals surface area (Å²) in [6.07, 6.45) is 0.895. The SMILES string of the molecule is O=C(NCc1ccc(-c2cccc(C(O)(C(=O)OCC3CCN(Cc4ccccc4)CC3)c3ccccc3)c2)o1)c1ccc(CNCC(O)c2ccc(O)c3[nH]c(=O)ccc23)cc1. The van der Waals surface area contributed by atoms with Crippen LogP contribution in [0.5, 0.6) is 5.75 Å². The number of benzene rings is 5. The molecule has 1 aliphatic rings. The van der Waals surface area contributed by atoms with Crippen molar-refractivity contribution in [1.29, 1.82) is 0 Å². The molecule has 1 amide bonds. The van der Waals surface area contributed by atoms with Crippen molar-refractivity contribution < 1.29 is 34.1 Å². The summed E-state index contributed by atoms with van der Waals surface area (Å²) in [4.78, 5) is 43.8. The topological polar surface area (TPSA) is 177 Å². The van der Waals surface area contributed by atoms with Crippen LogP contribution < -0.4 is 16.2 Å². The second-order valence-electron chi connectivity index (χ2n) is 16.0. The lowest BCUT2D eigenvalue weighted by molar-refractivity contribution is -0.164. The van der Waals surface area contributed by atoms with Gasteiger partial charge in [0.15, 0.2) is 0 Å². The molecule has 3 heterocycles. The fourth-order valence-electron chi connectivity index (χ4n) is 8.11. The third-order valence-electron chi connectivity index (χ3n) is 11.7. The maximum atomic E-state index is 13.9. The Morgan fingerprint density at radius 2 is 1.54 bits per heavy atom. The first-order valence-corrected chi connectivity index (χ1v) is 21.2. The average Bonchev–Trinajstić information content (AvgIpc) is 3.80. The van der Waals surface area contributed by atoms with E-state index in [0.29, 0.717) is 51.3 Å². The van der Waals surface area contributed by atoms with Crippen LogP contribution in [-0.2, 0) is 34.8 Å². The van der Waals surface area contributed by atoms with E-state index in [1.807, 2.05) is 30.3 Å².